The first-order valence-corrected chi connectivity index (χ1v) is 6.79. The highest BCUT2D eigenvalue weighted by atomic mass is 16.6. The molecule has 1 aromatic heterocycles. The molecule has 0 atom stereocenters. The van der Waals surface area contributed by atoms with Crippen LogP contribution in [0.2, 0.25) is 0 Å². The van der Waals surface area contributed by atoms with Crippen LogP contribution >= 0.6 is 0 Å². The van der Waals surface area contributed by atoms with E-state index < -0.39 is 0 Å². The van der Waals surface area contributed by atoms with Gasteiger partial charge in [0.25, 0.3) is 0 Å². The second kappa shape index (κ2) is 5.36. The Balaban J connectivity index is 2.06. The third-order valence-corrected chi connectivity index (χ3v) is 3.29. The minimum absolute atomic E-state index is 0.548. The Hall–Kier alpha value is -2.30. The van der Waals surface area contributed by atoms with E-state index in [9.17, 15) is 0 Å². The topological polar surface area (TPSA) is 70.3 Å². The molecule has 0 spiro atoms. The molecule has 0 unspecified atom stereocenters. The zero-order chi connectivity index (χ0) is 13.9. The zero-order valence-electron chi connectivity index (χ0n) is 11.4. The summed E-state index contributed by atoms with van der Waals surface area (Å²) in [6, 6.07) is 5.85. The molecular weight excluding hydrogens is 254 g/mol. The fourth-order valence-corrected chi connectivity index (χ4v) is 2.36. The maximum atomic E-state index is 5.98. The predicted octanol–water partition coefficient (Wildman–Crippen LogP) is 2.45. The van der Waals surface area contributed by atoms with E-state index in [1.165, 1.54) is 6.33 Å². The van der Waals surface area contributed by atoms with Crippen LogP contribution < -0.4 is 15.2 Å². The second-order valence-corrected chi connectivity index (χ2v) is 4.69. The van der Waals surface area contributed by atoms with Crippen LogP contribution in [-0.2, 0) is 6.42 Å². The third-order valence-electron chi connectivity index (χ3n) is 3.29. The van der Waals surface area contributed by atoms with Gasteiger partial charge in [-0.05, 0) is 24.6 Å². The van der Waals surface area contributed by atoms with Crippen molar-refractivity contribution in [2.75, 3.05) is 18.9 Å². The number of aromatic nitrogens is 2. The molecule has 3 rings (SSSR count). The number of anilines is 1. The van der Waals surface area contributed by atoms with Crippen LogP contribution in [0.15, 0.2) is 24.5 Å². The molecule has 0 aliphatic carbocycles. The average molecular weight is 271 g/mol. The van der Waals surface area contributed by atoms with Crippen molar-refractivity contribution in [2.45, 2.75) is 19.8 Å². The van der Waals surface area contributed by atoms with Crippen molar-refractivity contribution in [3.63, 3.8) is 0 Å². The molecule has 0 fully saturated rings. The summed E-state index contributed by atoms with van der Waals surface area (Å²) >= 11 is 0. The SMILES string of the molecule is CCCc1c(N)ncnc1-c1ccc2c(c1)OCCO2. The van der Waals surface area contributed by atoms with E-state index in [1.807, 2.05) is 18.2 Å². The van der Waals surface area contributed by atoms with E-state index in [2.05, 4.69) is 16.9 Å². The number of nitrogens with two attached hydrogens (primary N) is 1. The number of hydrogen-bond donors (Lipinski definition) is 1. The lowest BCUT2D eigenvalue weighted by Gasteiger charge is -2.19. The number of ether oxygens (including phenoxy) is 2. The first-order chi connectivity index (χ1) is 9.79. The molecule has 1 aliphatic heterocycles. The van der Waals surface area contributed by atoms with E-state index in [1.54, 1.807) is 0 Å². The monoisotopic (exact) mass is 271 g/mol. The first kappa shape index (κ1) is 12.7. The predicted molar refractivity (Wildman–Crippen MR) is 76.9 cm³/mol. The quantitative estimate of drug-likeness (QED) is 0.928. The summed E-state index contributed by atoms with van der Waals surface area (Å²) in [7, 11) is 0. The molecule has 2 N–H and O–H groups in total. The van der Waals surface area contributed by atoms with Crippen molar-refractivity contribution in [3.8, 4) is 22.8 Å². The van der Waals surface area contributed by atoms with Crippen LogP contribution in [0.5, 0.6) is 11.5 Å². The Labute approximate surface area is 117 Å². The highest BCUT2D eigenvalue weighted by Crippen LogP contribution is 2.35. The lowest BCUT2D eigenvalue weighted by Crippen LogP contribution is -2.15. The molecule has 104 valence electrons. The number of nitrogens with zero attached hydrogens (tertiary/aromatic N) is 2. The summed E-state index contributed by atoms with van der Waals surface area (Å²) in [6.07, 6.45) is 3.35. The largest absolute Gasteiger partial charge is 0.486 e. The van der Waals surface area contributed by atoms with Crippen LogP contribution in [-0.4, -0.2) is 23.2 Å². The fourth-order valence-electron chi connectivity index (χ4n) is 2.36. The number of hydrogen-bond acceptors (Lipinski definition) is 5. The van der Waals surface area contributed by atoms with E-state index >= 15 is 0 Å². The third kappa shape index (κ3) is 2.27. The van der Waals surface area contributed by atoms with Crippen molar-refractivity contribution in [3.05, 3.63) is 30.1 Å². The van der Waals surface area contributed by atoms with Gasteiger partial charge in [0.2, 0.25) is 0 Å². The summed E-state index contributed by atoms with van der Waals surface area (Å²) in [5.74, 6) is 2.08. The van der Waals surface area contributed by atoms with E-state index in [0.29, 0.717) is 19.0 Å². The average Bonchev–Trinajstić information content (AvgIpc) is 2.49. The molecule has 0 saturated carbocycles. The summed E-state index contributed by atoms with van der Waals surface area (Å²) in [6.45, 7) is 3.28. The van der Waals surface area contributed by atoms with Gasteiger partial charge in [-0.1, -0.05) is 13.3 Å². The standard InChI is InChI=1S/C15H17N3O2/c1-2-3-11-14(17-9-18-15(11)16)10-4-5-12-13(8-10)20-7-6-19-12/h4-5,8-9H,2-3,6-7H2,1H3,(H2,16,17,18). The highest BCUT2D eigenvalue weighted by molar-refractivity contribution is 5.70. The maximum Gasteiger partial charge on any atom is 0.162 e. The Morgan fingerprint density at radius 3 is 2.75 bits per heavy atom. The summed E-state index contributed by atoms with van der Waals surface area (Å²) in [5.41, 5.74) is 8.82. The summed E-state index contributed by atoms with van der Waals surface area (Å²) in [4.78, 5) is 8.47. The van der Waals surface area contributed by atoms with Gasteiger partial charge >= 0.3 is 0 Å². The summed E-state index contributed by atoms with van der Waals surface area (Å²) in [5, 5.41) is 0. The van der Waals surface area contributed by atoms with Crippen LogP contribution in [0.4, 0.5) is 5.82 Å². The fraction of sp³-hybridized carbons (Fsp3) is 0.333. The Bertz CT molecular complexity index is 629. The molecule has 0 saturated heterocycles. The Kier molecular flexibility index (Phi) is 3.41. The highest BCUT2D eigenvalue weighted by Gasteiger charge is 2.16. The normalized spacial score (nSPS) is 13.2. The van der Waals surface area contributed by atoms with Gasteiger partial charge in [0.05, 0.1) is 5.69 Å². The van der Waals surface area contributed by atoms with Crippen LogP contribution in [0, 0.1) is 0 Å². The van der Waals surface area contributed by atoms with Crippen LogP contribution in [0.1, 0.15) is 18.9 Å². The minimum Gasteiger partial charge on any atom is -0.486 e. The molecule has 0 amide bonds. The maximum absolute atomic E-state index is 5.98. The lowest BCUT2D eigenvalue weighted by molar-refractivity contribution is 0.171. The van der Waals surface area contributed by atoms with E-state index in [0.717, 1.165) is 41.2 Å². The molecule has 2 aromatic rings. The van der Waals surface area contributed by atoms with Crippen LogP contribution in [0.25, 0.3) is 11.3 Å². The van der Waals surface area contributed by atoms with Gasteiger partial charge in [0.1, 0.15) is 25.4 Å². The molecule has 0 bridgehead atoms. The first-order valence-electron chi connectivity index (χ1n) is 6.79. The van der Waals surface area contributed by atoms with Gasteiger partial charge in [-0.2, -0.15) is 0 Å². The molecule has 20 heavy (non-hydrogen) atoms. The Morgan fingerprint density at radius 1 is 1.15 bits per heavy atom. The minimum atomic E-state index is 0.548. The number of benzene rings is 1. The van der Waals surface area contributed by atoms with Gasteiger partial charge in [-0.15, -0.1) is 0 Å². The van der Waals surface area contributed by atoms with Crippen molar-refractivity contribution < 1.29 is 9.47 Å². The molecule has 1 aliphatic rings. The molecular formula is C15H17N3O2. The molecule has 1 aromatic carbocycles. The summed E-state index contributed by atoms with van der Waals surface area (Å²) < 4.78 is 11.1. The Morgan fingerprint density at radius 2 is 1.95 bits per heavy atom. The van der Waals surface area contributed by atoms with Gasteiger partial charge in [-0.25, -0.2) is 9.97 Å². The number of rotatable bonds is 3. The second-order valence-electron chi connectivity index (χ2n) is 4.69. The van der Waals surface area contributed by atoms with Crippen molar-refractivity contribution in [2.24, 2.45) is 0 Å². The van der Waals surface area contributed by atoms with Crippen molar-refractivity contribution in [1.29, 1.82) is 0 Å². The molecule has 2 heterocycles. The molecule has 5 nitrogen and oxygen atoms in total. The smallest absolute Gasteiger partial charge is 0.162 e. The van der Waals surface area contributed by atoms with E-state index in [4.69, 9.17) is 15.2 Å². The van der Waals surface area contributed by atoms with E-state index in [-0.39, 0.29) is 0 Å². The van der Waals surface area contributed by atoms with Gasteiger partial charge in [0.15, 0.2) is 11.5 Å². The number of fused-ring (bicyclic) bond motifs is 1. The lowest BCUT2D eigenvalue weighted by atomic mass is 10.0. The van der Waals surface area contributed by atoms with Gasteiger partial charge in [-0.3, -0.25) is 0 Å². The zero-order valence-corrected chi connectivity index (χ0v) is 11.4. The van der Waals surface area contributed by atoms with Crippen molar-refractivity contribution in [1.82, 2.24) is 9.97 Å². The van der Waals surface area contributed by atoms with Crippen molar-refractivity contribution >= 4 is 5.82 Å². The molecule has 0 radical (unpaired) electrons. The van der Waals surface area contributed by atoms with Crippen LogP contribution in [0.3, 0.4) is 0 Å². The molecule has 5 heteroatoms. The van der Waals surface area contributed by atoms with Gasteiger partial charge < -0.3 is 15.2 Å². The number of nitrogen functional groups attached to an aromatic ring is 1. The van der Waals surface area contributed by atoms with Gasteiger partial charge in [0, 0.05) is 11.1 Å².